The van der Waals surface area contributed by atoms with Gasteiger partial charge in [0, 0.05) is 54.3 Å². The monoisotopic (exact) mass is 440 g/mol. The van der Waals surface area contributed by atoms with Gasteiger partial charge in [-0.15, -0.1) is 21.5 Å². The van der Waals surface area contributed by atoms with Gasteiger partial charge in [0.2, 0.25) is 0 Å². The molecule has 0 saturated carbocycles. The van der Waals surface area contributed by atoms with Crippen molar-refractivity contribution in [3.05, 3.63) is 58.0 Å². The first-order valence-electron chi connectivity index (χ1n) is 10.0. The van der Waals surface area contributed by atoms with Crippen LogP contribution < -0.4 is 10.5 Å². The lowest BCUT2D eigenvalue weighted by Gasteiger charge is -2.21. The van der Waals surface area contributed by atoms with Gasteiger partial charge in [0.1, 0.15) is 0 Å². The van der Waals surface area contributed by atoms with Crippen molar-refractivity contribution in [3.8, 4) is 11.4 Å². The van der Waals surface area contributed by atoms with E-state index < -0.39 is 0 Å². The van der Waals surface area contributed by atoms with Gasteiger partial charge in [-0.3, -0.25) is 9.20 Å². The molecule has 1 aromatic carbocycles. The van der Waals surface area contributed by atoms with Gasteiger partial charge in [-0.05, 0) is 45.0 Å². The lowest BCUT2D eigenvalue weighted by molar-refractivity contribution is 0.687. The van der Waals surface area contributed by atoms with E-state index in [4.69, 9.17) is 0 Å². The molecule has 0 saturated heterocycles. The molecule has 0 spiro atoms. The number of fused-ring (bicyclic) bond motifs is 1. The van der Waals surface area contributed by atoms with Crippen molar-refractivity contribution in [1.82, 2.24) is 24.1 Å². The molecule has 0 amide bonds. The van der Waals surface area contributed by atoms with E-state index in [1.807, 2.05) is 5.38 Å². The van der Waals surface area contributed by atoms with Crippen molar-refractivity contribution in [3.63, 3.8) is 0 Å². The highest BCUT2D eigenvalue weighted by molar-refractivity contribution is 7.98. The summed E-state index contributed by atoms with van der Waals surface area (Å²) in [5, 5.41) is 11.5. The largest absolute Gasteiger partial charge is 0.372 e. The second-order valence-corrected chi connectivity index (χ2v) is 8.52. The van der Waals surface area contributed by atoms with Gasteiger partial charge in [-0.2, -0.15) is 0 Å². The summed E-state index contributed by atoms with van der Waals surface area (Å²) in [6.07, 6.45) is 1.75. The highest BCUT2D eigenvalue weighted by Crippen LogP contribution is 2.27. The number of nitrogens with zero attached hydrogens (tertiary/aromatic N) is 6. The third kappa shape index (κ3) is 3.99. The van der Waals surface area contributed by atoms with Crippen LogP contribution >= 0.6 is 23.1 Å². The van der Waals surface area contributed by atoms with Gasteiger partial charge >= 0.3 is 0 Å². The summed E-state index contributed by atoms with van der Waals surface area (Å²) in [4.78, 5) is 19.8. The second kappa shape index (κ2) is 9.01. The lowest BCUT2D eigenvalue weighted by Crippen LogP contribution is -2.21. The molecule has 30 heavy (non-hydrogen) atoms. The number of anilines is 1. The molecule has 0 aliphatic rings. The van der Waals surface area contributed by atoms with E-state index in [1.54, 1.807) is 28.4 Å². The fourth-order valence-corrected chi connectivity index (χ4v) is 5.04. The first kappa shape index (κ1) is 20.6. The summed E-state index contributed by atoms with van der Waals surface area (Å²) in [5.41, 5.74) is 2.96. The zero-order chi connectivity index (χ0) is 21.1. The SMILES string of the molecule is CCN(CC)c1ccc(-c2nnc(SCc3cc(=O)n4ccsc4n3)n2CC)cc1. The third-order valence-electron chi connectivity index (χ3n) is 4.99. The van der Waals surface area contributed by atoms with Crippen molar-refractivity contribution < 1.29 is 0 Å². The van der Waals surface area contributed by atoms with E-state index in [1.165, 1.54) is 17.0 Å². The Morgan fingerprint density at radius 2 is 1.87 bits per heavy atom. The summed E-state index contributed by atoms with van der Waals surface area (Å²) >= 11 is 3.01. The van der Waals surface area contributed by atoms with Crippen LogP contribution in [-0.4, -0.2) is 37.2 Å². The first-order valence-corrected chi connectivity index (χ1v) is 11.9. The predicted octanol–water partition coefficient (Wildman–Crippen LogP) is 4.17. The van der Waals surface area contributed by atoms with Crippen molar-refractivity contribution in [2.24, 2.45) is 0 Å². The minimum atomic E-state index is -0.0530. The van der Waals surface area contributed by atoms with Crippen LogP contribution in [0, 0.1) is 0 Å². The van der Waals surface area contributed by atoms with E-state index in [0.717, 1.165) is 41.9 Å². The molecule has 9 heteroatoms. The third-order valence-corrected chi connectivity index (χ3v) is 6.75. The summed E-state index contributed by atoms with van der Waals surface area (Å²) < 4.78 is 3.67. The Hall–Kier alpha value is -2.65. The van der Waals surface area contributed by atoms with E-state index in [-0.39, 0.29) is 5.56 Å². The normalized spacial score (nSPS) is 11.3. The molecule has 0 fully saturated rings. The van der Waals surface area contributed by atoms with Crippen molar-refractivity contribution in [2.75, 3.05) is 18.0 Å². The molecule has 0 aliphatic heterocycles. The van der Waals surface area contributed by atoms with E-state index >= 15 is 0 Å². The average Bonchev–Trinajstić information content (AvgIpc) is 3.40. The highest BCUT2D eigenvalue weighted by Gasteiger charge is 2.14. The van der Waals surface area contributed by atoms with Crippen LogP contribution in [0.25, 0.3) is 16.3 Å². The van der Waals surface area contributed by atoms with Crippen LogP contribution in [0.2, 0.25) is 0 Å². The molecule has 0 N–H and O–H groups in total. The van der Waals surface area contributed by atoms with Crippen LogP contribution in [-0.2, 0) is 12.3 Å². The van der Waals surface area contributed by atoms with Gasteiger partial charge in [0.15, 0.2) is 15.9 Å². The number of aromatic nitrogens is 5. The van der Waals surface area contributed by atoms with Crippen LogP contribution in [0.4, 0.5) is 5.69 Å². The molecular weight excluding hydrogens is 416 g/mol. The maximum atomic E-state index is 12.2. The van der Waals surface area contributed by atoms with Gasteiger partial charge in [0.05, 0.1) is 5.69 Å². The van der Waals surface area contributed by atoms with Crippen molar-refractivity contribution >= 4 is 33.7 Å². The van der Waals surface area contributed by atoms with Crippen LogP contribution in [0.1, 0.15) is 26.5 Å². The van der Waals surface area contributed by atoms with Crippen LogP contribution in [0.15, 0.2) is 51.9 Å². The van der Waals surface area contributed by atoms with Gasteiger partial charge in [-0.1, -0.05) is 11.8 Å². The van der Waals surface area contributed by atoms with E-state index in [0.29, 0.717) is 10.7 Å². The molecule has 0 atom stereocenters. The Bertz CT molecular complexity index is 1190. The molecule has 0 bridgehead atoms. The Morgan fingerprint density at radius 3 is 2.57 bits per heavy atom. The zero-order valence-electron chi connectivity index (χ0n) is 17.3. The molecule has 0 unspecified atom stereocenters. The predicted molar refractivity (Wildman–Crippen MR) is 124 cm³/mol. The molecule has 156 valence electrons. The molecule has 0 radical (unpaired) electrons. The number of thioether (sulfide) groups is 1. The summed E-state index contributed by atoms with van der Waals surface area (Å²) in [5.74, 6) is 1.43. The Morgan fingerprint density at radius 1 is 1.10 bits per heavy atom. The number of hydrogen-bond acceptors (Lipinski definition) is 7. The molecular formula is C21H24N6OS2. The summed E-state index contributed by atoms with van der Waals surface area (Å²) in [7, 11) is 0. The van der Waals surface area contributed by atoms with Gasteiger partial charge in [0.25, 0.3) is 5.56 Å². The summed E-state index contributed by atoms with van der Waals surface area (Å²) in [6, 6.07) is 10.1. The summed E-state index contributed by atoms with van der Waals surface area (Å²) in [6.45, 7) is 9.14. The molecule has 0 aliphatic carbocycles. The Balaban J connectivity index is 1.55. The van der Waals surface area contributed by atoms with E-state index in [9.17, 15) is 4.79 Å². The fourth-order valence-electron chi connectivity index (χ4n) is 3.40. The van der Waals surface area contributed by atoms with E-state index in [2.05, 4.69) is 69.7 Å². The van der Waals surface area contributed by atoms with Crippen molar-refractivity contribution in [2.45, 2.75) is 38.2 Å². The highest BCUT2D eigenvalue weighted by atomic mass is 32.2. The minimum Gasteiger partial charge on any atom is -0.372 e. The minimum absolute atomic E-state index is 0.0530. The lowest BCUT2D eigenvalue weighted by atomic mass is 10.2. The second-order valence-electron chi connectivity index (χ2n) is 6.70. The number of rotatable bonds is 8. The topological polar surface area (TPSA) is 68.3 Å². The Kier molecular flexibility index (Phi) is 6.19. The van der Waals surface area contributed by atoms with Gasteiger partial charge in [-0.25, -0.2) is 4.98 Å². The standard InChI is InChI=1S/C21H24N6OS2/c1-4-25(5-2)17-9-7-15(8-10-17)19-23-24-21(26(19)6-3)30-14-16-13-18(28)27-11-12-29-20(27)22-16/h7-13H,4-6,14H2,1-3H3. The Labute approximate surface area is 183 Å². The molecule has 7 nitrogen and oxygen atoms in total. The molecule has 3 aromatic heterocycles. The number of thiazole rings is 1. The fraction of sp³-hybridized carbons (Fsp3) is 0.333. The van der Waals surface area contributed by atoms with Crippen LogP contribution in [0.5, 0.6) is 0 Å². The average molecular weight is 441 g/mol. The number of hydrogen-bond donors (Lipinski definition) is 0. The molecule has 3 heterocycles. The molecule has 4 aromatic rings. The smallest absolute Gasteiger partial charge is 0.258 e. The van der Waals surface area contributed by atoms with Crippen molar-refractivity contribution in [1.29, 1.82) is 0 Å². The first-order chi connectivity index (χ1) is 14.6. The maximum absolute atomic E-state index is 12.2. The zero-order valence-corrected chi connectivity index (χ0v) is 18.9. The molecule has 4 rings (SSSR count). The van der Waals surface area contributed by atoms with Gasteiger partial charge < -0.3 is 9.47 Å². The quantitative estimate of drug-likeness (QED) is 0.383. The maximum Gasteiger partial charge on any atom is 0.258 e. The van der Waals surface area contributed by atoms with Crippen LogP contribution in [0.3, 0.4) is 0 Å². The number of benzene rings is 1.